The van der Waals surface area contributed by atoms with Crippen molar-refractivity contribution in [2.45, 2.75) is 34.6 Å². The Labute approximate surface area is 234 Å². The summed E-state index contributed by atoms with van der Waals surface area (Å²) in [5, 5.41) is 5.23. The zero-order valence-electron chi connectivity index (χ0n) is 23.7. The standard InChI is InChI=1S/C34H32BN3S/c1-19-14-20(2)18-24(17-19)31-34-28(12-13-36-31)27-9-8-25-26(33(27)39-34)10-11-29-32(25)38(7)35(37(29)6)30-22(4)15-21(3)16-23(30)5/h8-18H,1-7H3. The number of aryl methyl sites for hydroxylation is 5. The number of rotatable bonds is 2. The molecule has 0 fully saturated rings. The number of pyridine rings is 1. The van der Waals surface area contributed by atoms with E-state index in [-0.39, 0.29) is 6.98 Å². The molecule has 4 aromatic carbocycles. The average molecular weight is 526 g/mol. The quantitative estimate of drug-likeness (QED) is 0.213. The van der Waals surface area contributed by atoms with Crippen LogP contribution in [0.3, 0.4) is 0 Å². The van der Waals surface area contributed by atoms with Gasteiger partial charge in [0.2, 0.25) is 0 Å². The lowest BCUT2D eigenvalue weighted by Gasteiger charge is -2.27. The molecule has 0 unspecified atom stereocenters. The van der Waals surface area contributed by atoms with Crippen LogP contribution in [0.2, 0.25) is 0 Å². The van der Waals surface area contributed by atoms with Gasteiger partial charge in [0.15, 0.2) is 0 Å². The van der Waals surface area contributed by atoms with Crippen molar-refractivity contribution in [3.63, 3.8) is 0 Å². The number of nitrogens with zero attached hydrogens (tertiary/aromatic N) is 3. The van der Waals surface area contributed by atoms with Gasteiger partial charge in [-0.25, -0.2) is 0 Å². The lowest BCUT2D eigenvalue weighted by atomic mass is 9.62. The fourth-order valence-electron chi connectivity index (χ4n) is 7.01. The van der Waals surface area contributed by atoms with E-state index in [0.717, 1.165) is 5.69 Å². The highest BCUT2D eigenvalue weighted by Crippen LogP contribution is 2.47. The molecule has 5 heteroatoms. The van der Waals surface area contributed by atoms with Crippen molar-refractivity contribution < 1.29 is 0 Å². The SMILES string of the molecule is Cc1cc(C)cc(-c2nccc3c2sc2c4ccc5c(c4ccc32)N(C)B(c2c(C)cc(C)cc2C)N5C)c1. The minimum Gasteiger partial charge on any atom is -0.393 e. The van der Waals surface area contributed by atoms with Crippen molar-refractivity contribution >= 4 is 66.1 Å². The summed E-state index contributed by atoms with van der Waals surface area (Å²) in [6, 6.07) is 22.8. The van der Waals surface area contributed by atoms with Crippen LogP contribution < -0.4 is 15.1 Å². The van der Waals surface area contributed by atoms with E-state index in [0.29, 0.717) is 0 Å². The molecule has 0 bridgehead atoms. The Bertz CT molecular complexity index is 1930. The predicted octanol–water partition coefficient (Wildman–Crippen LogP) is 8.09. The third-order valence-corrected chi connectivity index (χ3v) is 9.72. The Morgan fingerprint density at radius 2 is 1.23 bits per heavy atom. The number of benzene rings is 4. The zero-order chi connectivity index (χ0) is 27.2. The van der Waals surface area contributed by atoms with Crippen molar-refractivity contribution in [3.8, 4) is 11.3 Å². The third-order valence-electron chi connectivity index (χ3n) is 8.46. The molecule has 1 aliphatic heterocycles. The summed E-state index contributed by atoms with van der Waals surface area (Å²) in [7, 11) is 4.49. The molecule has 0 amide bonds. The molecule has 1 aliphatic rings. The van der Waals surface area contributed by atoms with Gasteiger partial charge in [0.25, 0.3) is 0 Å². The normalized spacial score (nSPS) is 13.4. The van der Waals surface area contributed by atoms with E-state index in [2.05, 4.69) is 119 Å². The van der Waals surface area contributed by atoms with Crippen molar-refractivity contribution in [2.75, 3.05) is 23.7 Å². The van der Waals surface area contributed by atoms with E-state index in [1.807, 2.05) is 17.5 Å². The fourth-order valence-corrected chi connectivity index (χ4v) is 8.35. The minimum atomic E-state index is 0.171. The zero-order valence-corrected chi connectivity index (χ0v) is 24.5. The molecule has 0 aliphatic carbocycles. The number of hydrogen-bond donors (Lipinski definition) is 0. The predicted molar refractivity (Wildman–Crippen MR) is 172 cm³/mol. The van der Waals surface area contributed by atoms with Crippen molar-refractivity contribution in [3.05, 3.63) is 94.7 Å². The molecule has 0 atom stereocenters. The van der Waals surface area contributed by atoms with Crippen LogP contribution in [0.25, 0.3) is 42.2 Å². The van der Waals surface area contributed by atoms with Gasteiger partial charge in [-0.05, 0) is 78.4 Å². The van der Waals surface area contributed by atoms with E-state index < -0.39 is 0 Å². The molecule has 0 saturated heterocycles. The molecule has 6 aromatic rings. The summed E-state index contributed by atoms with van der Waals surface area (Å²) < 4.78 is 2.60. The number of hydrogen-bond acceptors (Lipinski definition) is 4. The van der Waals surface area contributed by atoms with Crippen LogP contribution in [0, 0.1) is 34.6 Å². The van der Waals surface area contributed by atoms with Crippen molar-refractivity contribution in [1.29, 1.82) is 0 Å². The van der Waals surface area contributed by atoms with Gasteiger partial charge in [0.1, 0.15) is 0 Å². The summed E-state index contributed by atoms with van der Waals surface area (Å²) in [4.78, 5) is 9.79. The minimum absolute atomic E-state index is 0.171. The number of thiophene rings is 1. The maximum absolute atomic E-state index is 4.88. The van der Waals surface area contributed by atoms with E-state index in [4.69, 9.17) is 4.98 Å². The van der Waals surface area contributed by atoms with Gasteiger partial charge in [0, 0.05) is 43.7 Å². The summed E-state index contributed by atoms with van der Waals surface area (Å²) in [5.74, 6) is 0. The molecule has 0 N–H and O–H groups in total. The number of anilines is 2. The molecule has 7 rings (SSSR count). The first-order chi connectivity index (χ1) is 18.7. The van der Waals surface area contributed by atoms with Crippen LogP contribution >= 0.6 is 11.3 Å². The number of fused-ring (bicyclic) bond motifs is 7. The largest absolute Gasteiger partial charge is 0.411 e. The van der Waals surface area contributed by atoms with Crippen LogP contribution in [0.1, 0.15) is 27.8 Å². The van der Waals surface area contributed by atoms with Gasteiger partial charge in [-0.1, -0.05) is 64.2 Å². The van der Waals surface area contributed by atoms with Crippen LogP contribution in [0.5, 0.6) is 0 Å². The topological polar surface area (TPSA) is 19.4 Å². The molecular formula is C34H32BN3S. The summed E-state index contributed by atoms with van der Waals surface area (Å²) in [5.41, 5.74) is 12.8. The summed E-state index contributed by atoms with van der Waals surface area (Å²) >= 11 is 1.88. The van der Waals surface area contributed by atoms with Gasteiger partial charge >= 0.3 is 6.98 Å². The van der Waals surface area contributed by atoms with Crippen LogP contribution in [0.15, 0.2) is 66.9 Å². The van der Waals surface area contributed by atoms with E-state index >= 15 is 0 Å². The maximum Gasteiger partial charge on any atom is 0.411 e. The van der Waals surface area contributed by atoms with E-state index in [1.54, 1.807) is 0 Å². The lowest BCUT2D eigenvalue weighted by molar-refractivity contribution is 1.28. The van der Waals surface area contributed by atoms with E-state index in [9.17, 15) is 0 Å². The smallest absolute Gasteiger partial charge is 0.393 e. The van der Waals surface area contributed by atoms with Gasteiger partial charge in [0.05, 0.1) is 16.1 Å². The lowest BCUT2D eigenvalue weighted by Crippen LogP contribution is -2.55. The van der Waals surface area contributed by atoms with Gasteiger partial charge < -0.3 is 9.62 Å². The van der Waals surface area contributed by atoms with Crippen molar-refractivity contribution in [2.24, 2.45) is 0 Å². The molecule has 3 heterocycles. The Morgan fingerprint density at radius 1 is 0.641 bits per heavy atom. The Kier molecular flexibility index (Phi) is 5.34. The second kappa shape index (κ2) is 8.59. The van der Waals surface area contributed by atoms with Gasteiger partial charge in [-0.15, -0.1) is 11.3 Å². The molecule has 3 nitrogen and oxygen atoms in total. The first kappa shape index (κ1) is 24.2. The Morgan fingerprint density at radius 3 is 1.95 bits per heavy atom. The molecule has 192 valence electrons. The summed E-state index contributed by atoms with van der Waals surface area (Å²) in [6.45, 7) is 11.2. The second-order valence-electron chi connectivity index (χ2n) is 11.4. The number of aromatic nitrogens is 1. The van der Waals surface area contributed by atoms with Crippen molar-refractivity contribution in [1.82, 2.24) is 4.98 Å². The van der Waals surface area contributed by atoms with Crippen LogP contribution in [0.4, 0.5) is 11.4 Å². The Balaban J connectivity index is 1.45. The summed E-state index contributed by atoms with van der Waals surface area (Å²) in [6.07, 6.45) is 1.97. The first-order valence-electron chi connectivity index (χ1n) is 13.6. The second-order valence-corrected chi connectivity index (χ2v) is 12.4. The molecule has 0 saturated carbocycles. The Hall–Kier alpha value is -3.83. The first-order valence-corrected chi connectivity index (χ1v) is 14.4. The van der Waals surface area contributed by atoms with E-state index in [1.165, 1.54) is 81.2 Å². The van der Waals surface area contributed by atoms with Gasteiger partial charge in [-0.3, -0.25) is 4.98 Å². The molecular weight excluding hydrogens is 493 g/mol. The molecule has 0 spiro atoms. The van der Waals surface area contributed by atoms with Crippen LogP contribution in [-0.2, 0) is 0 Å². The third kappa shape index (κ3) is 3.53. The molecule has 0 radical (unpaired) electrons. The van der Waals surface area contributed by atoms with Gasteiger partial charge in [-0.2, -0.15) is 0 Å². The molecule has 39 heavy (non-hydrogen) atoms. The highest BCUT2D eigenvalue weighted by atomic mass is 32.1. The highest BCUT2D eigenvalue weighted by Gasteiger charge is 2.40. The molecule has 2 aromatic heterocycles. The fraction of sp³-hybridized carbons (Fsp3) is 0.206. The van der Waals surface area contributed by atoms with Crippen LogP contribution in [-0.4, -0.2) is 26.1 Å². The maximum atomic E-state index is 4.88. The monoisotopic (exact) mass is 525 g/mol. The average Bonchev–Trinajstić information content (AvgIpc) is 3.38. The highest BCUT2D eigenvalue weighted by molar-refractivity contribution is 7.27.